The third-order valence-electron chi connectivity index (χ3n) is 4.04. The van der Waals surface area contributed by atoms with Crippen LogP contribution in [0, 0.1) is 5.41 Å². The molecule has 1 rings (SSSR count). The van der Waals surface area contributed by atoms with E-state index in [1.165, 1.54) is 50.8 Å². The van der Waals surface area contributed by atoms with E-state index < -0.39 is 0 Å². The summed E-state index contributed by atoms with van der Waals surface area (Å²) >= 11 is 0. The fraction of sp³-hybridized carbons (Fsp3) is 0.667. The number of unbranched alkanes of at least 4 members (excludes halogenated alkanes) is 1. The first-order chi connectivity index (χ1) is 9.53. The summed E-state index contributed by atoms with van der Waals surface area (Å²) in [5, 5.41) is 0. The van der Waals surface area contributed by atoms with E-state index in [2.05, 4.69) is 56.1 Å². The van der Waals surface area contributed by atoms with Gasteiger partial charge in [-0.25, -0.2) is 0 Å². The molecule has 0 fully saturated rings. The van der Waals surface area contributed by atoms with Gasteiger partial charge in [-0.2, -0.15) is 0 Å². The van der Waals surface area contributed by atoms with Crippen molar-refractivity contribution in [1.82, 2.24) is 4.90 Å². The van der Waals surface area contributed by atoms with Gasteiger partial charge >= 0.3 is 0 Å². The largest absolute Gasteiger partial charge is 0.330 e. The van der Waals surface area contributed by atoms with E-state index in [1.807, 2.05) is 0 Å². The van der Waals surface area contributed by atoms with Crippen LogP contribution in [0.15, 0.2) is 30.3 Å². The summed E-state index contributed by atoms with van der Waals surface area (Å²) in [6.45, 7) is 7.71. The van der Waals surface area contributed by atoms with Gasteiger partial charge in [0.05, 0.1) is 0 Å². The molecule has 0 radical (unpaired) electrons. The van der Waals surface area contributed by atoms with Crippen LogP contribution in [-0.4, -0.2) is 31.6 Å². The van der Waals surface area contributed by atoms with E-state index >= 15 is 0 Å². The van der Waals surface area contributed by atoms with Crippen molar-refractivity contribution in [3.63, 3.8) is 0 Å². The van der Waals surface area contributed by atoms with Crippen molar-refractivity contribution in [2.75, 3.05) is 26.7 Å². The zero-order chi connectivity index (χ0) is 14.8. The van der Waals surface area contributed by atoms with Gasteiger partial charge < -0.3 is 10.6 Å². The lowest BCUT2D eigenvalue weighted by Gasteiger charge is -2.23. The summed E-state index contributed by atoms with van der Waals surface area (Å²) < 4.78 is 0. The van der Waals surface area contributed by atoms with Crippen molar-refractivity contribution in [2.24, 2.45) is 11.1 Å². The molecular weight excluding hydrogens is 244 g/mol. The predicted molar refractivity (Wildman–Crippen MR) is 88.9 cm³/mol. The van der Waals surface area contributed by atoms with Crippen LogP contribution in [0.25, 0.3) is 0 Å². The van der Waals surface area contributed by atoms with Crippen molar-refractivity contribution in [3.8, 4) is 0 Å². The smallest absolute Gasteiger partial charge is 0.00186 e. The van der Waals surface area contributed by atoms with E-state index in [1.54, 1.807) is 0 Å². The number of nitrogens with zero attached hydrogens (tertiary/aromatic N) is 1. The Hall–Kier alpha value is -0.860. The SMILES string of the molecule is CN(CCCCC(C)(C)CN)CCCc1ccccc1. The molecule has 0 atom stereocenters. The van der Waals surface area contributed by atoms with Crippen LogP contribution in [0.5, 0.6) is 0 Å². The van der Waals surface area contributed by atoms with Crippen LogP contribution >= 0.6 is 0 Å². The van der Waals surface area contributed by atoms with Crippen molar-refractivity contribution in [2.45, 2.75) is 46.0 Å². The molecule has 2 N–H and O–H groups in total. The molecule has 0 unspecified atom stereocenters. The van der Waals surface area contributed by atoms with Crippen LogP contribution in [0.2, 0.25) is 0 Å². The number of nitrogens with two attached hydrogens (primary N) is 1. The summed E-state index contributed by atoms with van der Waals surface area (Å²) in [5.74, 6) is 0. The Bertz CT molecular complexity index is 346. The maximum atomic E-state index is 5.76. The van der Waals surface area contributed by atoms with Crippen molar-refractivity contribution in [3.05, 3.63) is 35.9 Å². The Kier molecular flexibility index (Phi) is 7.86. The van der Waals surface area contributed by atoms with Gasteiger partial charge in [0.15, 0.2) is 0 Å². The van der Waals surface area contributed by atoms with E-state index in [0.717, 1.165) is 6.54 Å². The zero-order valence-electron chi connectivity index (χ0n) is 13.6. The normalized spacial score (nSPS) is 12.1. The lowest BCUT2D eigenvalue weighted by Crippen LogP contribution is -2.25. The third kappa shape index (κ3) is 7.66. The van der Waals surface area contributed by atoms with Crippen LogP contribution in [0.1, 0.15) is 45.1 Å². The summed E-state index contributed by atoms with van der Waals surface area (Å²) in [6, 6.07) is 10.8. The second-order valence-electron chi connectivity index (χ2n) is 6.72. The molecule has 0 saturated heterocycles. The van der Waals surface area contributed by atoms with Gasteiger partial charge in [-0.1, -0.05) is 50.6 Å². The van der Waals surface area contributed by atoms with Gasteiger partial charge in [0.2, 0.25) is 0 Å². The fourth-order valence-corrected chi connectivity index (χ4v) is 2.40. The molecule has 0 aliphatic heterocycles. The lowest BCUT2D eigenvalue weighted by atomic mass is 9.87. The Morgan fingerprint density at radius 1 is 1.00 bits per heavy atom. The highest BCUT2D eigenvalue weighted by Crippen LogP contribution is 2.21. The molecule has 0 aromatic heterocycles. The molecule has 1 aromatic carbocycles. The Balaban J connectivity index is 2.05. The van der Waals surface area contributed by atoms with Gasteiger partial charge in [0, 0.05) is 0 Å². The molecule has 114 valence electrons. The average Bonchev–Trinajstić information content (AvgIpc) is 2.45. The molecular formula is C18H32N2. The third-order valence-corrected chi connectivity index (χ3v) is 4.04. The minimum absolute atomic E-state index is 0.311. The molecule has 20 heavy (non-hydrogen) atoms. The first kappa shape index (κ1) is 17.2. The fourth-order valence-electron chi connectivity index (χ4n) is 2.40. The van der Waals surface area contributed by atoms with E-state index in [0.29, 0.717) is 5.41 Å². The van der Waals surface area contributed by atoms with Gasteiger partial charge in [0.25, 0.3) is 0 Å². The van der Waals surface area contributed by atoms with Gasteiger partial charge in [-0.05, 0) is 63.3 Å². The van der Waals surface area contributed by atoms with Gasteiger partial charge in [-0.3, -0.25) is 0 Å². The second-order valence-corrected chi connectivity index (χ2v) is 6.72. The molecule has 1 aromatic rings. The highest BCUT2D eigenvalue weighted by atomic mass is 15.1. The van der Waals surface area contributed by atoms with E-state index in [4.69, 9.17) is 5.73 Å². The monoisotopic (exact) mass is 276 g/mol. The quantitative estimate of drug-likeness (QED) is 0.660. The van der Waals surface area contributed by atoms with Crippen LogP contribution < -0.4 is 5.73 Å². The topological polar surface area (TPSA) is 29.3 Å². The summed E-state index contributed by atoms with van der Waals surface area (Å²) in [4.78, 5) is 2.46. The molecule has 2 nitrogen and oxygen atoms in total. The van der Waals surface area contributed by atoms with E-state index in [9.17, 15) is 0 Å². The second kappa shape index (κ2) is 9.15. The zero-order valence-corrected chi connectivity index (χ0v) is 13.6. The Labute approximate surface area is 125 Å². The summed E-state index contributed by atoms with van der Waals surface area (Å²) in [7, 11) is 2.24. The number of hydrogen-bond donors (Lipinski definition) is 1. The first-order valence-electron chi connectivity index (χ1n) is 7.96. The van der Waals surface area contributed by atoms with Gasteiger partial charge in [0.1, 0.15) is 0 Å². The molecule has 0 bridgehead atoms. The van der Waals surface area contributed by atoms with Crippen molar-refractivity contribution < 1.29 is 0 Å². The Morgan fingerprint density at radius 3 is 2.30 bits per heavy atom. The lowest BCUT2D eigenvalue weighted by molar-refractivity contribution is 0.291. The highest BCUT2D eigenvalue weighted by molar-refractivity contribution is 5.14. The van der Waals surface area contributed by atoms with E-state index in [-0.39, 0.29) is 0 Å². The minimum atomic E-state index is 0.311. The van der Waals surface area contributed by atoms with Crippen LogP contribution in [-0.2, 0) is 6.42 Å². The van der Waals surface area contributed by atoms with Crippen molar-refractivity contribution >= 4 is 0 Å². The number of rotatable bonds is 10. The van der Waals surface area contributed by atoms with Gasteiger partial charge in [-0.15, -0.1) is 0 Å². The predicted octanol–water partition coefficient (Wildman–Crippen LogP) is 3.71. The summed E-state index contributed by atoms with van der Waals surface area (Å²) in [5.41, 5.74) is 7.52. The molecule has 0 saturated carbocycles. The molecule has 0 amide bonds. The molecule has 2 heteroatoms. The molecule has 0 aliphatic carbocycles. The summed E-state index contributed by atoms with van der Waals surface area (Å²) in [6.07, 6.45) is 6.24. The van der Waals surface area contributed by atoms with Crippen LogP contribution in [0.4, 0.5) is 0 Å². The highest BCUT2D eigenvalue weighted by Gasteiger charge is 2.14. The minimum Gasteiger partial charge on any atom is -0.330 e. The standard InChI is InChI=1S/C18H32N2/c1-18(2,16-19)13-7-8-14-20(3)15-9-12-17-10-5-4-6-11-17/h4-6,10-11H,7-9,12-16,19H2,1-3H3. The average molecular weight is 276 g/mol. The Morgan fingerprint density at radius 2 is 1.65 bits per heavy atom. The number of hydrogen-bond acceptors (Lipinski definition) is 2. The maximum Gasteiger partial charge on any atom is -0.00186 e. The van der Waals surface area contributed by atoms with Crippen LogP contribution in [0.3, 0.4) is 0 Å². The molecule has 0 aliphatic rings. The number of benzene rings is 1. The first-order valence-corrected chi connectivity index (χ1v) is 7.96. The van der Waals surface area contributed by atoms with Crippen molar-refractivity contribution in [1.29, 1.82) is 0 Å². The number of aryl methyl sites for hydroxylation is 1. The molecule has 0 heterocycles. The maximum absolute atomic E-state index is 5.76. The molecule has 0 spiro atoms.